The summed E-state index contributed by atoms with van der Waals surface area (Å²) in [7, 11) is 0. The lowest BCUT2D eigenvalue weighted by atomic mass is 10.2. The van der Waals surface area contributed by atoms with Crippen molar-refractivity contribution in [1.82, 2.24) is 0 Å². The van der Waals surface area contributed by atoms with Crippen molar-refractivity contribution < 1.29 is 0 Å². The van der Waals surface area contributed by atoms with Gasteiger partial charge in [-0.2, -0.15) is 16.6 Å². The van der Waals surface area contributed by atoms with E-state index in [1.807, 2.05) is 16.8 Å². The highest BCUT2D eigenvalue weighted by atomic mass is 35.5. The zero-order valence-electron chi connectivity index (χ0n) is 9.15. The van der Waals surface area contributed by atoms with Gasteiger partial charge in [-0.25, -0.2) is 0 Å². The van der Waals surface area contributed by atoms with Gasteiger partial charge in [0.05, 0.1) is 16.3 Å². The molecule has 0 bridgehead atoms. The van der Waals surface area contributed by atoms with E-state index >= 15 is 0 Å². The van der Waals surface area contributed by atoms with E-state index in [9.17, 15) is 0 Å². The first-order valence-electron chi connectivity index (χ1n) is 5.05. The van der Waals surface area contributed by atoms with Crippen LogP contribution in [-0.4, -0.2) is 0 Å². The molecule has 0 saturated carbocycles. The van der Waals surface area contributed by atoms with E-state index in [-0.39, 0.29) is 0 Å². The fourth-order valence-electron chi connectivity index (χ4n) is 1.35. The molecule has 0 radical (unpaired) electrons. The zero-order valence-corrected chi connectivity index (χ0v) is 11.5. The minimum absolute atomic E-state index is 0.515. The predicted octanol–water partition coefficient (Wildman–Crippen LogP) is 5.03. The van der Waals surface area contributed by atoms with Gasteiger partial charge in [0, 0.05) is 16.8 Å². The maximum absolute atomic E-state index is 9.08. The molecule has 0 saturated heterocycles. The van der Waals surface area contributed by atoms with Crippen LogP contribution in [0.4, 0.5) is 5.69 Å². The van der Waals surface area contributed by atoms with Crippen LogP contribution in [0.2, 0.25) is 10.0 Å². The van der Waals surface area contributed by atoms with Crippen LogP contribution in [0, 0.1) is 11.3 Å². The van der Waals surface area contributed by atoms with Crippen molar-refractivity contribution >= 4 is 45.8 Å². The van der Waals surface area contributed by atoms with E-state index in [1.54, 1.807) is 35.7 Å². The van der Waals surface area contributed by atoms with Crippen LogP contribution in [-0.2, 0) is 0 Å². The fourth-order valence-corrected chi connectivity index (χ4v) is 2.47. The lowest BCUT2D eigenvalue weighted by Crippen LogP contribution is -1.91. The molecule has 0 unspecified atom stereocenters. The van der Waals surface area contributed by atoms with Crippen molar-refractivity contribution in [2.75, 3.05) is 5.32 Å². The predicted molar refractivity (Wildman–Crippen MR) is 78.0 cm³/mol. The standard InChI is InChI=1S/C13H8Cl2N2S/c14-11-1-2-13(12(15)5-11)17-7-10(6-16)9-3-4-18-8-9/h1-5,7-8,17H. The quantitative estimate of drug-likeness (QED) is 0.806. The summed E-state index contributed by atoms with van der Waals surface area (Å²) in [5, 5.41) is 17.0. The molecule has 0 atom stereocenters. The van der Waals surface area contributed by atoms with Crippen LogP contribution in [0.15, 0.2) is 41.2 Å². The van der Waals surface area contributed by atoms with Gasteiger partial charge in [-0.15, -0.1) is 0 Å². The van der Waals surface area contributed by atoms with Gasteiger partial charge in [0.1, 0.15) is 6.07 Å². The third-order valence-electron chi connectivity index (χ3n) is 2.26. The van der Waals surface area contributed by atoms with Crippen LogP contribution in [0.25, 0.3) is 5.57 Å². The number of nitriles is 1. The number of halogens is 2. The monoisotopic (exact) mass is 294 g/mol. The molecule has 2 nitrogen and oxygen atoms in total. The zero-order chi connectivity index (χ0) is 13.0. The first kappa shape index (κ1) is 13.0. The maximum Gasteiger partial charge on any atom is 0.101 e. The number of hydrogen-bond acceptors (Lipinski definition) is 3. The van der Waals surface area contributed by atoms with Crippen LogP contribution < -0.4 is 5.32 Å². The van der Waals surface area contributed by atoms with Crippen LogP contribution >= 0.6 is 34.5 Å². The largest absolute Gasteiger partial charge is 0.359 e. The maximum atomic E-state index is 9.08. The molecule has 0 aliphatic rings. The Hall–Kier alpha value is -1.47. The molecule has 0 spiro atoms. The Bertz CT molecular complexity index is 612. The molecular weight excluding hydrogens is 287 g/mol. The summed E-state index contributed by atoms with van der Waals surface area (Å²) in [5.41, 5.74) is 2.16. The summed E-state index contributed by atoms with van der Waals surface area (Å²) in [6.45, 7) is 0. The van der Waals surface area contributed by atoms with Crippen molar-refractivity contribution in [3.05, 3.63) is 56.8 Å². The van der Waals surface area contributed by atoms with E-state index in [2.05, 4.69) is 11.4 Å². The summed E-state index contributed by atoms with van der Waals surface area (Å²) in [5.74, 6) is 0. The van der Waals surface area contributed by atoms with Gasteiger partial charge >= 0.3 is 0 Å². The average molecular weight is 295 g/mol. The Kier molecular flexibility index (Phi) is 4.27. The molecule has 5 heteroatoms. The number of thiophene rings is 1. The SMILES string of the molecule is N#CC(=CNc1ccc(Cl)cc1Cl)c1ccsc1. The van der Waals surface area contributed by atoms with E-state index in [0.717, 1.165) is 5.56 Å². The average Bonchev–Trinajstić information content (AvgIpc) is 2.86. The summed E-state index contributed by atoms with van der Waals surface area (Å²) in [4.78, 5) is 0. The second kappa shape index (κ2) is 5.92. The Morgan fingerprint density at radius 3 is 2.78 bits per heavy atom. The normalized spacial score (nSPS) is 11.1. The van der Waals surface area contributed by atoms with E-state index in [1.165, 1.54) is 0 Å². The number of benzene rings is 1. The van der Waals surface area contributed by atoms with Gasteiger partial charge in [-0.1, -0.05) is 23.2 Å². The highest BCUT2D eigenvalue weighted by molar-refractivity contribution is 7.08. The Balaban J connectivity index is 2.22. The minimum Gasteiger partial charge on any atom is -0.359 e. The second-order valence-electron chi connectivity index (χ2n) is 3.45. The van der Waals surface area contributed by atoms with Gasteiger partial charge < -0.3 is 5.32 Å². The van der Waals surface area contributed by atoms with Crippen molar-refractivity contribution in [2.45, 2.75) is 0 Å². The molecule has 0 aliphatic heterocycles. The number of anilines is 1. The van der Waals surface area contributed by atoms with Gasteiger partial charge in [-0.3, -0.25) is 0 Å². The van der Waals surface area contributed by atoms with Gasteiger partial charge in [0.15, 0.2) is 0 Å². The molecule has 90 valence electrons. The molecule has 1 heterocycles. The van der Waals surface area contributed by atoms with Crippen molar-refractivity contribution in [1.29, 1.82) is 5.26 Å². The van der Waals surface area contributed by atoms with Crippen LogP contribution in [0.5, 0.6) is 0 Å². The summed E-state index contributed by atoms with van der Waals surface area (Å²) in [6, 6.07) is 9.19. The molecule has 0 amide bonds. The molecule has 0 aliphatic carbocycles. The van der Waals surface area contributed by atoms with E-state index < -0.39 is 0 Å². The molecular formula is C13H8Cl2N2S. The smallest absolute Gasteiger partial charge is 0.101 e. The number of rotatable bonds is 3. The number of nitrogens with one attached hydrogen (secondary N) is 1. The molecule has 0 fully saturated rings. The third kappa shape index (κ3) is 3.05. The first-order valence-corrected chi connectivity index (χ1v) is 6.75. The fraction of sp³-hybridized carbons (Fsp3) is 0. The van der Waals surface area contributed by atoms with Crippen molar-refractivity contribution in [3.63, 3.8) is 0 Å². The van der Waals surface area contributed by atoms with Crippen molar-refractivity contribution in [2.24, 2.45) is 0 Å². The Morgan fingerprint density at radius 2 is 2.17 bits per heavy atom. The van der Waals surface area contributed by atoms with Crippen molar-refractivity contribution in [3.8, 4) is 6.07 Å². The summed E-state index contributed by atoms with van der Waals surface area (Å²) in [6.07, 6.45) is 1.64. The van der Waals surface area contributed by atoms with Crippen LogP contribution in [0.1, 0.15) is 5.56 Å². The Morgan fingerprint density at radius 1 is 1.33 bits per heavy atom. The van der Waals surface area contributed by atoms with Gasteiger partial charge in [0.2, 0.25) is 0 Å². The number of allylic oxidation sites excluding steroid dienone is 1. The van der Waals surface area contributed by atoms with E-state index in [0.29, 0.717) is 21.3 Å². The topological polar surface area (TPSA) is 35.8 Å². The highest BCUT2D eigenvalue weighted by Gasteiger charge is 2.02. The highest BCUT2D eigenvalue weighted by Crippen LogP contribution is 2.26. The number of nitrogens with zero attached hydrogens (tertiary/aromatic N) is 1. The van der Waals surface area contributed by atoms with Gasteiger partial charge in [0.25, 0.3) is 0 Å². The lowest BCUT2D eigenvalue weighted by molar-refractivity contribution is 1.52. The van der Waals surface area contributed by atoms with E-state index in [4.69, 9.17) is 28.5 Å². The molecule has 1 N–H and O–H groups in total. The first-order chi connectivity index (χ1) is 8.70. The van der Waals surface area contributed by atoms with Crippen LogP contribution in [0.3, 0.4) is 0 Å². The van der Waals surface area contributed by atoms with Gasteiger partial charge in [-0.05, 0) is 35.0 Å². The third-order valence-corrected chi connectivity index (χ3v) is 3.49. The minimum atomic E-state index is 0.515. The molecule has 2 rings (SSSR count). The number of hydrogen-bond donors (Lipinski definition) is 1. The second-order valence-corrected chi connectivity index (χ2v) is 5.07. The molecule has 2 aromatic rings. The molecule has 18 heavy (non-hydrogen) atoms. The molecule has 1 aromatic heterocycles. The Labute approximate surface area is 119 Å². The summed E-state index contributed by atoms with van der Waals surface area (Å²) >= 11 is 13.4. The molecule has 1 aromatic carbocycles. The lowest BCUT2D eigenvalue weighted by Gasteiger charge is -2.04. The summed E-state index contributed by atoms with van der Waals surface area (Å²) < 4.78 is 0.